The van der Waals surface area contributed by atoms with Crippen molar-refractivity contribution in [2.45, 2.75) is 37.6 Å². The van der Waals surface area contributed by atoms with Gasteiger partial charge >= 0.3 is 0 Å². The molecule has 1 amide bonds. The maximum Gasteiger partial charge on any atom is 0.255 e. The Morgan fingerprint density at radius 1 is 1.12 bits per heavy atom. The molecule has 0 fully saturated rings. The number of likely N-dealkylation sites (N-methyl/N-ethyl adjacent to an activating group) is 1. The van der Waals surface area contributed by atoms with E-state index in [2.05, 4.69) is 0 Å². The smallest absolute Gasteiger partial charge is 0.255 e. The molecule has 5 rings (SSSR count). The molecule has 1 aromatic heterocycles. The molecule has 0 unspecified atom stereocenters. The first-order valence-corrected chi connectivity index (χ1v) is 13.6. The van der Waals surface area contributed by atoms with E-state index in [1.807, 2.05) is 43.1 Å². The first-order chi connectivity index (χ1) is 19.7. The maximum absolute atomic E-state index is 14.2. The van der Waals surface area contributed by atoms with Gasteiger partial charge < -0.3 is 35.5 Å². The molecule has 2 aromatic rings. The van der Waals surface area contributed by atoms with Crippen LogP contribution in [0.5, 0.6) is 5.75 Å². The Hall–Kier alpha value is -4.13. The number of anilines is 1. The Kier molecular flexibility index (Phi) is 7.20. The molecule has 3 aliphatic carbocycles. The van der Waals surface area contributed by atoms with Gasteiger partial charge in [0.25, 0.3) is 5.91 Å². The first kappa shape index (κ1) is 29.4. The number of phenolic OH excluding ortho intramolecular Hbond substituents is 1. The van der Waals surface area contributed by atoms with E-state index >= 15 is 0 Å². The van der Waals surface area contributed by atoms with E-state index in [-0.39, 0.29) is 36.3 Å². The van der Waals surface area contributed by atoms with Gasteiger partial charge in [-0.15, -0.1) is 0 Å². The number of phenols is 1. The minimum absolute atomic E-state index is 0.0108. The highest BCUT2D eigenvalue weighted by atomic mass is 16.3. The van der Waals surface area contributed by atoms with Crippen LogP contribution in [0.3, 0.4) is 0 Å². The van der Waals surface area contributed by atoms with E-state index in [4.69, 9.17) is 10.2 Å². The van der Waals surface area contributed by atoms with Crippen molar-refractivity contribution < 1.29 is 39.2 Å². The number of carbonyl (C=O) groups is 3. The van der Waals surface area contributed by atoms with Crippen molar-refractivity contribution in [2.24, 2.45) is 17.6 Å². The van der Waals surface area contributed by atoms with Crippen LogP contribution in [-0.2, 0) is 29.1 Å². The van der Waals surface area contributed by atoms with Crippen LogP contribution in [0.25, 0.3) is 0 Å². The fraction of sp³-hybridized carbons (Fsp3) is 0.433. The van der Waals surface area contributed by atoms with Gasteiger partial charge in [0.1, 0.15) is 28.6 Å². The monoisotopic (exact) mass is 580 g/mol. The van der Waals surface area contributed by atoms with Gasteiger partial charge in [-0.05, 0) is 63.7 Å². The number of fused-ring (bicyclic) bond motifs is 3. The van der Waals surface area contributed by atoms with E-state index in [1.54, 1.807) is 26.4 Å². The topological polar surface area (TPSA) is 181 Å². The lowest BCUT2D eigenvalue weighted by atomic mass is 9.58. The van der Waals surface area contributed by atoms with Crippen molar-refractivity contribution in [2.75, 3.05) is 40.1 Å². The van der Waals surface area contributed by atoms with E-state index in [9.17, 15) is 34.8 Å². The van der Waals surface area contributed by atoms with Gasteiger partial charge in [-0.3, -0.25) is 24.2 Å². The highest BCUT2D eigenvalue weighted by Crippen LogP contribution is 2.53. The highest BCUT2D eigenvalue weighted by molar-refractivity contribution is 6.25. The lowest BCUT2D eigenvalue weighted by molar-refractivity contribution is -0.148. The minimum Gasteiger partial charge on any atom is -0.510 e. The number of allylic oxidation sites excluding steroid dienone is 1. The summed E-state index contributed by atoms with van der Waals surface area (Å²) < 4.78 is 5.42. The van der Waals surface area contributed by atoms with E-state index in [0.717, 1.165) is 5.76 Å². The molecule has 4 atom stereocenters. The second-order valence-electron chi connectivity index (χ2n) is 11.9. The molecule has 1 aromatic carbocycles. The Bertz CT molecular complexity index is 1540. The Morgan fingerprint density at radius 3 is 2.38 bits per heavy atom. The number of carbonyl (C=O) groups excluding carboxylic acids is 3. The zero-order chi connectivity index (χ0) is 30.8. The van der Waals surface area contributed by atoms with Gasteiger partial charge in [-0.2, -0.15) is 0 Å². The van der Waals surface area contributed by atoms with E-state index in [1.165, 1.54) is 4.90 Å². The molecule has 0 bridgehead atoms. The summed E-state index contributed by atoms with van der Waals surface area (Å²) in [5.41, 5.74) is 3.46. The number of aliphatic hydroxyl groups is 3. The zero-order valence-electron chi connectivity index (χ0n) is 24.2. The number of benzene rings is 1. The van der Waals surface area contributed by atoms with Crippen LogP contribution >= 0.6 is 0 Å². The van der Waals surface area contributed by atoms with E-state index < -0.39 is 58.0 Å². The average Bonchev–Trinajstić information content (AvgIpc) is 3.40. The molecule has 0 radical (unpaired) electrons. The summed E-state index contributed by atoms with van der Waals surface area (Å²) in [6.45, 7) is 0.721. The molecule has 12 heteroatoms. The van der Waals surface area contributed by atoms with Crippen LogP contribution in [0.2, 0.25) is 0 Å². The van der Waals surface area contributed by atoms with Crippen LogP contribution in [0, 0.1) is 11.8 Å². The SMILES string of the molecule is CN(Cc1ccco1)Cc1cc(N(C)C)c2c(c1O)C(=O)C1=C(O)[C@]3(O)C(=O)C(C(N)=O)=C(O)[C@@H](N(C)C)[C@@H]3C[C@@H]1C2. The maximum atomic E-state index is 14.2. The number of furan rings is 1. The third-order valence-electron chi connectivity index (χ3n) is 8.71. The number of rotatable bonds is 7. The standard InChI is InChI=1S/C30H36N4O8/c1-32(2)19-11-15(12-34(5)13-16-7-6-8-42-16)24(35)21-17(19)9-14-10-18-23(33(3)4)26(37)22(29(31)40)28(39)30(18,41)27(38)20(14)25(21)36/h6-8,11,14,18,23,35,37-38,41H,9-10,12-13H2,1-5H3,(H2,31,40)/t14-,18-,23-,30-/m0/s1. The molecule has 0 saturated heterocycles. The summed E-state index contributed by atoms with van der Waals surface area (Å²) >= 11 is 0. The number of amides is 1. The van der Waals surface area contributed by atoms with Crippen molar-refractivity contribution in [3.63, 3.8) is 0 Å². The number of hydrogen-bond donors (Lipinski definition) is 5. The summed E-state index contributed by atoms with van der Waals surface area (Å²) in [7, 11) is 8.69. The largest absolute Gasteiger partial charge is 0.510 e. The highest BCUT2D eigenvalue weighted by Gasteiger charge is 2.63. The van der Waals surface area contributed by atoms with Crippen LogP contribution < -0.4 is 10.6 Å². The summed E-state index contributed by atoms with van der Waals surface area (Å²) in [6.07, 6.45) is 1.83. The summed E-state index contributed by atoms with van der Waals surface area (Å²) in [5, 5.41) is 45.7. The average molecular weight is 581 g/mol. The number of aliphatic hydroxyl groups excluding tert-OH is 2. The van der Waals surface area contributed by atoms with E-state index in [0.29, 0.717) is 23.4 Å². The van der Waals surface area contributed by atoms with Crippen molar-refractivity contribution in [3.8, 4) is 5.75 Å². The lowest BCUT2D eigenvalue weighted by Gasteiger charge is -2.50. The van der Waals surface area contributed by atoms with Crippen molar-refractivity contribution in [1.29, 1.82) is 0 Å². The van der Waals surface area contributed by atoms with Crippen LogP contribution in [-0.4, -0.2) is 94.6 Å². The van der Waals surface area contributed by atoms with Crippen LogP contribution in [0.4, 0.5) is 5.69 Å². The number of Topliss-reactive ketones (excluding diaryl/α,β-unsaturated/α-hetero) is 2. The normalized spacial score (nSPS) is 25.6. The molecular weight excluding hydrogens is 544 g/mol. The molecule has 0 spiro atoms. The van der Waals surface area contributed by atoms with Gasteiger partial charge in [0, 0.05) is 43.4 Å². The molecule has 0 aliphatic heterocycles. The van der Waals surface area contributed by atoms with Gasteiger partial charge in [0.2, 0.25) is 5.78 Å². The van der Waals surface area contributed by atoms with Crippen molar-refractivity contribution >= 4 is 23.2 Å². The fourth-order valence-electron chi connectivity index (χ4n) is 6.89. The predicted octanol–water partition coefficient (Wildman–Crippen LogP) is 1.41. The quantitative estimate of drug-likeness (QED) is 0.299. The zero-order valence-corrected chi connectivity index (χ0v) is 24.2. The molecule has 1 heterocycles. The summed E-state index contributed by atoms with van der Waals surface area (Å²) in [4.78, 5) is 45.1. The molecule has 6 N–H and O–H groups in total. The molecule has 42 heavy (non-hydrogen) atoms. The fourth-order valence-corrected chi connectivity index (χ4v) is 6.89. The number of aromatic hydroxyl groups is 1. The van der Waals surface area contributed by atoms with Crippen molar-refractivity contribution in [1.82, 2.24) is 9.80 Å². The molecular formula is C30H36N4O8. The molecule has 224 valence electrons. The predicted molar refractivity (Wildman–Crippen MR) is 152 cm³/mol. The van der Waals surface area contributed by atoms with Crippen LogP contribution in [0.15, 0.2) is 51.5 Å². The first-order valence-electron chi connectivity index (χ1n) is 13.6. The Labute approximate surface area is 242 Å². The van der Waals surface area contributed by atoms with Gasteiger partial charge in [-0.25, -0.2) is 0 Å². The number of hydrogen-bond acceptors (Lipinski definition) is 11. The third kappa shape index (κ3) is 4.29. The van der Waals surface area contributed by atoms with Gasteiger partial charge in [0.15, 0.2) is 11.4 Å². The Balaban J connectivity index is 1.64. The van der Waals surface area contributed by atoms with Gasteiger partial charge in [-0.1, -0.05) is 0 Å². The molecule has 3 aliphatic rings. The number of ketones is 2. The third-order valence-corrected chi connectivity index (χ3v) is 8.71. The molecule has 12 nitrogen and oxygen atoms in total. The van der Waals surface area contributed by atoms with Crippen LogP contribution in [0.1, 0.15) is 33.7 Å². The number of nitrogens with two attached hydrogens (primary N) is 1. The number of nitrogens with zero attached hydrogens (tertiary/aromatic N) is 3. The Morgan fingerprint density at radius 2 is 1.81 bits per heavy atom. The molecule has 0 saturated carbocycles. The van der Waals surface area contributed by atoms with Crippen molar-refractivity contribution in [3.05, 3.63) is 69.6 Å². The number of primary amides is 1. The lowest BCUT2D eigenvalue weighted by Crippen LogP contribution is -2.63. The van der Waals surface area contributed by atoms with Gasteiger partial charge in [0.05, 0.1) is 24.4 Å². The second kappa shape index (κ2) is 10.3. The summed E-state index contributed by atoms with van der Waals surface area (Å²) in [6, 6.07) is 4.40. The second-order valence-corrected chi connectivity index (χ2v) is 11.9. The summed E-state index contributed by atoms with van der Waals surface area (Å²) in [5.74, 6) is -5.94. The minimum atomic E-state index is -2.68.